The van der Waals surface area contributed by atoms with Crippen molar-refractivity contribution in [2.24, 2.45) is 0 Å². The van der Waals surface area contributed by atoms with Gasteiger partial charge in [0.05, 0.1) is 20.0 Å². The summed E-state index contributed by atoms with van der Waals surface area (Å²) < 4.78 is 10.1. The van der Waals surface area contributed by atoms with Crippen molar-refractivity contribution in [2.45, 2.75) is 5.37 Å². The van der Waals surface area contributed by atoms with Crippen LogP contribution in [0, 0.1) is 0 Å². The van der Waals surface area contributed by atoms with E-state index in [1.54, 1.807) is 12.1 Å². The lowest BCUT2D eigenvalue weighted by Gasteiger charge is -2.25. The van der Waals surface area contributed by atoms with Gasteiger partial charge in [-0.05, 0) is 35.9 Å². The normalized spacial score (nSPS) is 16.3. The van der Waals surface area contributed by atoms with Gasteiger partial charge in [-0.2, -0.15) is 0 Å². The van der Waals surface area contributed by atoms with Crippen molar-refractivity contribution < 1.29 is 29.3 Å². The Hall–Kier alpha value is -3.07. The predicted molar refractivity (Wildman–Crippen MR) is 98.8 cm³/mol. The Bertz CT molecular complexity index is 888. The number of amides is 2. The number of carbonyl (C=O) groups excluding carboxylic acids is 2. The van der Waals surface area contributed by atoms with Crippen LogP contribution < -0.4 is 14.9 Å². The van der Waals surface area contributed by atoms with Gasteiger partial charge in [-0.15, -0.1) is 11.8 Å². The fourth-order valence-corrected chi connectivity index (χ4v) is 3.73. The molecule has 27 heavy (non-hydrogen) atoms. The number of carbonyl (C=O) groups is 2. The zero-order chi connectivity index (χ0) is 19.6. The Morgan fingerprint density at radius 3 is 2.41 bits per heavy atom. The molecule has 1 saturated heterocycles. The molecule has 2 aromatic carbocycles. The minimum Gasteiger partial charge on any atom is -0.504 e. The number of hydrogen-bond acceptors (Lipinski definition) is 7. The number of hydrogen-bond donors (Lipinski definition) is 3. The van der Waals surface area contributed by atoms with Gasteiger partial charge in [-0.25, -0.2) is 5.01 Å². The van der Waals surface area contributed by atoms with Crippen LogP contribution >= 0.6 is 11.8 Å². The van der Waals surface area contributed by atoms with Crippen molar-refractivity contribution in [3.8, 4) is 23.0 Å². The summed E-state index contributed by atoms with van der Waals surface area (Å²) in [5, 5.41) is 20.2. The summed E-state index contributed by atoms with van der Waals surface area (Å²) in [6.45, 7) is 0. The van der Waals surface area contributed by atoms with Gasteiger partial charge < -0.3 is 19.7 Å². The van der Waals surface area contributed by atoms with Crippen LogP contribution in [0.1, 0.15) is 21.3 Å². The van der Waals surface area contributed by atoms with Gasteiger partial charge >= 0.3 is 0 Å². The molecular formula is C18H18N2O6S. The molecule has 3 rings (SSSR count). The lowest BCUT2D eigenvalue weighted by atomic mass is 10.2. The average molecular weight is 390 g/mol. The Labute approximate surface area is 159 Å². The van der Waals surface area contributed by atoms with E-state index in [-0.39, 0.29) is 40.2 Å². The maximum absolute atomic E-state index is 12.6. The topological polar surface area (TPSA) is 108 Å². The number of nitrogens with one attached hydrogen (secondary N) is 1. The zero-order valence-electron chi connectivity index (χ0n) is 14.6. The molecular weight excluding hydrogens is 372 g/mol. The maximum atomic E-state index is 12.6. The molecule has 142 valence electrons. The number of ether oxygens (including phenoxy) is 2. The second-order valence-corrected chi connectivity index (χ2v) is 6.75. The summed E-state index contributed by atoms with van der Waals surface area (Å²) in [5.74, 6) is -0.228. The third-order valence-corrected chi connectivity index (χ3v) is 5.23. The SMILES string of the molecule is COc1cc(C(=O)NN2C(=O)CS[C@@H]2c2ccc(O)c(OC)c2)ccc1O. The van der Waals surface area contributed by atoms with E-state index in [0.29, 0.717) is 5.56 Å². The lowest BCUT2D eigenvalue weighted by Crippen LogP contribution is -2.44. The fraction of sp³-hybridized carbons (Fsp3) is 0.222. The van der Waals surface area contributed by atoms with Crippen LogP contribution in [0.4, 0.5) is 0 Å². The number of rotatable bonds is 5. The Morgan fingerprint density at radius 1 is 1.11 bits per heavy atom. The molecule has 2 aromatic rings. The molecule has 0 bridgehead atoms. The van der Waals surface area contributed by atoms with Crippen LogP contribution in [-0.2, 0) is 4.79 Å². The molecule has 1 atom stereocenters. The van der Waals surface area contributed by atoms with Crippen LogP contribution in [0.5, 0.6) is 23.0 Å². The van der Waals surface area contributed by atoms with Crippen molar-refractivity contribution in [1.29, 1.82) is 0 Å². The molecule has 8 nitrogen and oxygen atoms in total. The number of methoxy groups -OCH3 is 2. The molecule has 1 fully saturated rings. The van der Waals surface area contributed by atoms with E-state index in [2.05, 4.69) is 5.43 Å². The maximum Gasteiger partial charge on any atom is 0.270 e. The highest BCUT2D eigenvalue weighted by Crippen LogP contribution is 2.40. The number of benzene rings is 2. The van der Waals surface area contributed by atoms with Gasteiger partial charge in [0, 0.05) is 5.56 Å². The summed E-state index contributed by atoms with van der Waals surface area (Å²) in [4.78, 5) is 24.8. The van der Waals surface area contributed by atoms with Gasteiger partial charge in [-0.1, -0.05) is 6.07 Å². The molecule has 0 radical (unpaired) electrons. The average Bonchev–Trinajstić information content (AvgIpc) is 3.03. The first-order chi connectivity index (χ1) is 12.9. The van der Waals surface area contributed by atoms with Crippen molar-refractivity contribution in [2.75, 3.05) is 20.0 Å². The Balaban J connectivity index is 1.84. The molecule has 9 heteroatoms. The molecule has 0 unspecified atom stereocenters. The number of phenols is 2. The van der Waals surface area contributed by atoms with Crippen LogP contribution in [0.3, 0.4) is 0 Å². The second-order valence-electron chi connectivity index (χ2n) is 5.69. The van der Waals surface area contributed by atoms with Gasteiger partial charge in [0.1, 0.15) is 5.37 Å². The van der Waals surface area contributed by atoms with E-state index < -0.39 is 11.3 Å². The summed E-state index contributed by atoms with van der Waals surface area (Å²) in [6, 6.07) is 8.92. The van der Waals surface area contributed by atoms with Gasteiger partial charge in [0.2, 0.25) is 0 Å². The summed E-state index contributed by atoms with van der Waals surface area (Å²) in [6.07, 6.45) is 0. The Morgan fingerprint density at radius 2 is 1.74 bits per heavy atom. The molecule has 0 spiro atoms. The number of phenolic OH excluding ortho intramolecular Hbond substituents is 2. The summed E-state index contributed by atoms with van der Waals surface area (Å²) in [7, 11) is 2.81. The molecule has 1 heterocycles. The molecule has 3 N–H and O–H groups in total. The molecule has 0 aliphatic carbocycles. The van der Waals surface area contributed by atoms with Gasteiger partial charge in [0.25, 0.3) is 11.8 Å². The molecule has 0 saturated carbocycles. The van der Waals surface area contributed by atoms with Crippen molar-refractivity contribution in [1.82, 2.24) is 10.4 Å². The monoisotopic (exact) mass is 390 g/mol. The van der Waals surface area contributed by atoms with Crippen LogP contribution in [0.15, 0.2) is 36.4 Å². The lowest BCUT2D eigenvalue weighted by molar-refractivity contribution is -0.130. The second kappa shape index (κ2) is 7.67. The third-order valence-electron chi connectivity index (χ3n) is 4.02. The van der Waals surface area contributed by atoms with Crippen LogP contribution in [0.2, 0.25) is 0 Å². The highest BCUT2D eigenvalue weighted by Gasteiger charge is 2.35. The number of nitrogens with zero attached hydrogens (tertiary/aromatic N) is 1. The van der Waals surface area contributed by atoms with Gasteiger partial charge in [-0.3, -0.25) is 15.0 Å². The quantitative estimate of drug-likeness (QED) is 0.717. The number of thioether (sulfide) groups is 1. The van der Waals surface area contributed by atoms with E-state index in [1.807, 2.05) is 0 Å². The van der Waals surface area contributed by atoms with Crippen LogP contribution in [0.25, 0.3) is 0 Å². The zero-order valence-corrected chi connectivity index (χ0v) is 15.4. The van der Waals surface area contributed by atoms with Crippen molar-refractivity contribution in [3.05, 3.63) is 47.5 Å². The highest BCUT2D eigenvalue weighted by molar-refractivity contribution is 8.00. The van der Waals surface area contributed by atoms with E-state index in [0.717, 1.165) is 0 Å². The van der Waals surface area contributed by atoms with Crippen molar-refractivity contribution in [3.63, 3.8) is 0 Å². The van der Waals surface area contributed by atoms with Crippen molar-refractivity contribution >= 4 is 23.6 Å². The smallest absolute Gasteiger partial charge is 0.270 e. The van der Waals surface area contributed by atoms with E-state index in [9.17, 15) is 19.8 Å². The summed E-state index contributed by atoms with van der Waals surface area (Å²) >= 11 is 1.34. The predicted octanol–water partition coefficient (Wildman–Crippen LogP) is 2.03. The highest BCUT2D eigenvalue weighted by atomic mass is 32.2. The Kier molecular flexibility index (Phi) is 5.31. The minimum atomic E-state index is -0.514. The number of aromatic hydroxyl groups is 2. The summed E-state index contributed by atoms with van der Waals surface area (Å²) in [5.41, 5.74) is 3.53. The van der Waals surface area contributed by atoms with Crippen LogP contribution in [-0.4, -0.2) is 47.0 Å². The minimum absolute atomic E-state index is 0.0117. The third kappa shape index (κ3) is 3.72. The number of hydrazine groups is 1. The standard InChI is InChI=1S/C18H18N2O6S/c1-25-14-7-10(3-5-12(14)21)17(24)19-20-16(23)9-27-18(20)11-4-6-13(22)15(8-11)26-2/h3-8,18,21-22H,9H2,1-2H3,(H,19,24)/t18-/m1/s1. The van der Waals surface area contributed by atoms with E-state index in [1.165, 1.54) is 55.3 Å². The van der Waals surface area contributed by atoms with E-state index >= 15 is 0 Å². The molecule has 0 aromatic heterocycles. The first kappa shape index (κ1) is 18.7. The largest absolute Gasteiger partial charge is 0.504 e. The molecule has 1 aliphatic rings. The van der Waals surface area contributed by atoms with E-state index in [4.69, 9.17) is 9.47 Å². The fourth-order valence-electron chi connectivity index (χ4n) is 2.63. The first-order valence-electron chi connectivity index (χ1n) is 7.93. The van der Waals surface area contributed by atoms with Gasteiger partial charge in [0.15, 0.2) is 23.0 Å². The molecule has 1 aliphatic heterocycles. The molecule has 2 amide bonds. The first-order valence-corrected chi connectivity index (χ1v) is 8.98.